The van der Waals surface area contributed by atoms with E-state index in [-0.39, 0.29) is 16.8 Å². The summed E-state index contributed by atoms with van der Waals surface area (Å²) in [6, 6.07) is 2.41. The number of hydrogen-bond donors (Lipinski definition) is 0. The van der Waals surface area contributed by atoms with Crippen molar-refractivity contribution < 1.29 is 18.3 Å². The summed E-state index contributed by atoms with van der Waals surface area (Å²) >= 11 is 4.13. The molecule has 0 unspecified atom stereocenters. The first-order chi connectivity index (χ1) is 9.04. The molecule has 0 radical (unpaired) electrons. The van der Waals surface area contributed by atoms with Crippen LogP contribution < -0.4 is 0 Å². The number of ether oxygens (including phenoxy) is 1. The van der Waals surface area contributed by atoms with Crippen LogP contribution in [0.4, 0.5) is 8.78 Å². The Labute approximate surface area is 120 Å². The summed E-state index contributed by atoms with van der Waals surface area (Å²) in [5, 5.41) is 1.93. The van der Waals surface area contributed by atoms with Crippen LogP contribution in [0.15, 0.2) is 22.0 Å². The van der Waals surface area contributed by atoms with Crippen molar-refractivity contribution in [3.63, 3.8) is 0 Å². The van der Waals surface area contributed by atoms with Crippen LogP contribution in [-0.2, 0) is 4.74 Å². The SMILES string of the molecule is CCOC(=O)c1csc(-c2ccc(F)c(F)c2Br)n1. The molecule has 0 atom stereocenters. The fourth-order valence-corrected chi connectivity index (χ4v) is 2.85. The Kier molecular flexibility index (Phi) is 4.26. The van der Waals surface area contributed by atoms with Crippen LogP contribution in [0, 0.1) is 11.6 Å². The average molecular weight is 348 g/mol. The van der Waals surface area contributed by atoms with Crippen LogP contribution in [0.5, 0.6) is 0 Å². The zero-order chi connectivity index (χ0) is 14.0. The standard InChI is InChI=1S/C12H8BrF2NO2S/c1-2-18-12(17)8-5-19-11(16-8)6-3-4-7(14)10(15)9(6)13/h3-5H,2H2,1H3. The number of benzene rings is 1. The molecule has 0 aliphatic heterocycles. The molecule has 0 aliphatic carbocycles. The Morgan fingerprint density at radius 2 is 2.21 bits per heavy atom. The molecular formula is C12H8BrF2NO2S. The van der Waals surface area contributed by atoms with Crippen molar-refractivity contribution in [1.82, 2.24) is 4.98 Å². The molecule has 100 valence electrons. The van der Waals surface area contributed by atoms with Crippen LogP contribution in [0.25, 0.3) is 10.6 Å². The summed E-state index contributed by atoms with van der Waals surface area (Å²) in [6.45, 7) is 1.94. The minimum absolute atomic E-state index is 0.0164. The third-order valence-corrected chi connectivity index (χ3v) is 3.91. The van der Waals surface area contributed by atoms with Crippen molar-refractivity contribution in [3.8, 4) is 10.6 Å². The number of hydrogen-bond acceptors (Lipinski definition) is 4. The van der Waals surface area contributed by atoms with Gasteiger partial charge in [-0.2, -0.15) is 0 Å². The van der Waals surface area contributed by atoms with E-state index in [2.05, 4.69) is 20.9 Å². The van der Waals surface area contributed by atoms with Crippen molar-refractivity contribution in [1.29, 1.82) is 0 Å². The maximum atomic E-state index is 13.4. The molecule has 0 aliphatic rings. The highest BCUT2D eigenvalue weighted by atomic mass is 79.9. The highest BCUT2D eigenvalue weighted by Gasteiger charge is 2.17. The van der Waals surface area contributed by atoms with Crippen LogP contribution >= 0.6 is 27.3 Å². The van der Waals surface area contributed by atoms with Crippen molar-refractivity contribution in [2.24, 2.45) is 0 Å². The zero-order valence-electron chi connectivity index (χ0n) is 9.75. The summed E-state index contributed by atoms with van der Waals surface area (Å²) in [7, 11) is 0. The molecule has 7 heteroatoms. The minimum atomic E-state index is -0.981. The molecule has 0 amide bonds. The summed E-state index contributed by atoms with van der Waals surface area (Å²) < 4.78 is 31.2. The van der Waals surface area contributed by atoms with Gasteiger partial charge in [0.15, 0.2) is 17.3 Å². The third-order valence-electron chi connectivity index (χ3n) is 2.25. The van der Waals surface area contributed by atoms with Crippen LogP contribution in [-0.4, -0.2) is 17.6 Å². The molecule has 1 heterocycles. The minimum Gasteiger partial charge on any atom is -0.461 e. The molecule has 1 aromatic carbocycles. The van der Waals surface area contributed by atoms with Crippen molar-refractivity contribution >= 4 is 33.2 Å². The molecule has 3 nitrogen and oxygen atoms in total. The highest BCUT2D eigenvalue weighted by molar-refractivity contribution is 9.10. The molecule has 0 fully saturated rings. The summed E-state index contributed by atoms with van der Waals surface area (Å²) in [6.07, 6.45) is 0. The highest BCUT2D eigenvalue weighted by Crippen LogP contribution is 2.33. The lowest BCUT2D eigenvalue weighted by atomic mass is 10.2. The smallest absolute Gasteiger partial charge is 0.357 e. The lowest BCUT2D eigenvalue weighted by molar-refractivity contribution is 0.0520. The summed E-state index contributed by atoms with van der Waals surface area (Å²) in [5.41, 5.74) is 0.540. The van der Waals surface area contributed by atoms with E-state index in [1.54, 1.807) is 6.92 Å². The summed E-state index contributed by atoms with van der Waals surface area (Å²) in [5.74, 6) is -2.47. The van der Waals surface area contributed by atoms with Gasteiger partial charge in [0.25, 0.3) is 0 Å². The van der Waals surface area contributed by atoms with Crippen LogP contribution in [0.1, 0.15) is 17.4 Å². The van der Waals surface area contributed by atoms with Gasteiger partial charge in [0.2, 0.25) is 0 Å². The second-order valence-corrected chi connectivity index (χ2v) is 5.13. The number of aromatic nitrogens is 1. The first kappa shape index (κ1) is 14.1. The van der Waals surface area contributed by atoms with Crippen molar-refractivity contribution in [3.05, 3.63) is 39.3 Å². The van der Waals surface area contributed by atoms with Crippen LogP contribution in [0.2, 0.25) is 0 Å². The largest absolute Gasteiger partial charge is 0.461 e. The zero-order valence-corrected chi connectivity index (χ0v) is 12.1. The average Bonchev–Trinajstić information content (AvgIpc) is 2.86. The van der Waals surface area contributed by atoms with E-state index in [1.807, 2.05) is 0 Å². The lowest BCUT2D eigenvalue weighted by Gasteiger charge is -2.02. The van der Waals surface area contributed by atoms with Gasteiger partial charge in [-0.15, -0.1) is 11.3 Å². The molecule has 0 bridgehead atoms. The first-order valence-electron chi connectivity index (χ1n) is 5.31. The van der Waals surface area contributed by atoms with Crippen LogP contribution in [0.3, 0.4) is 0 Å². The predicted molar refractivity (Wildman–Crippen MR) is 71.1 cm³/mol. The Bertz CT molecular complexity index is 630. The maximum absolute atomic E-state index is 13.4. The van der Waals surface area contributed by atoms with Gasteiger partial charge < -0.3 is 4.74 Å². The number of esters is 1. The van der Waals surface area contributed by atoms with E-state index < -0.39 is 17.6 Å². The molecule has 2 aromatic rings. The number of halogens is 3. The number of nitrogens with zero attached hydrogens (tertiary/aromatic N) is 1. The van der Waals surface area contributed by atoms with Gasteiger partial charge in [0.05, 0.1) is 11.1 Å². The van der Waals surface area contributed by atoms with Gasteiger partial charge in [-0.1, -0.05) is 0 Å². The van der Waals surface area contributed by atoms with E-state index >= 15 is 0 Å². The lowest BCUT2D eigenvalue weighted by Crippen LogP contribution is -2.04. The van der Waals surface area contributed by atoms with Gasteiger partial charge in [0, 0.05) is 10.9 Å². The number of carbonyl (C=O) groups is 1. The van der Waals surface area contributed by atoms with E-state index in [0.717, 1.165) is 17.4 Å². The van der Waals surface area contributed by atoms with E-state index in [4.69, 9.17) is 4.74 Å². The Balaban J connectivity index is 2.38. The predicted octanol–water partition coefficient (Wildman–Crippen LogP) is 4.03. The molecule has 0 spiro atoms. The Morgan fingerprint density at radius 3 is 2.89 bits per heavy atom. The first-order valence-corrected chi connectivity index (χ1v) is 6.98. The fraction of sp³-hybridized carbons (Fsp3) is 0.167. The van der Waals surface area contributed by atoms with Gasteiger partial charge in [-0.05, 0) is 35.0 Å². The van der Waals surface area contributed by atoms with Gasteiger partial charge in [-0.3, -0.25) is 0 Å². The molecule has 19 heavy (non-hydrogen) atoms. The molecule has 0 saturated carbocycles. The summed E-state index contributed by atoms with van der Waals surface area (Å²) in [4.78, 5) is 15.5. The number of carbonyl (C=O) groups excluding carboxylic acids is 1. The van der Waals surface area contributed by atoms with Crippen molar-refractivity contribution in [2.45, 2.75) is 6.92 Å². The topological polar surface area (TPSA) is 39.2 Å². The van der Waals surface area contributed by atoms with E-state index in [0.29, 0.717) is 10.6 Å². The van der Waals surface area contributed by atoms with E-state index in [1.165, 1.54) is 11.4 Å². The Hall–Kier alpha value is -1.34. The second kappa shape index (κ2) is 5.75. The number of thiazole rings is 1. The monoisotopic (exact) mass is 347 g/mol. The molecule has 2 rings (SSSR count). The second-order valence-electron chi connectivity index (χ2n) is 3.48. The van der Waals surface area contributed by atoms with Gasteiger partial charge >= 0.3 is 5.97 Å². The molecule has 1 aromatic heterocycles. The number of rotatable bonds is 3. The maximum Gasteiger partial charge on any atom is 0.357 e. The van der Waals surface area contributed by atoms with Gasteiger partial charge in [0.1, 0.15) is 5.01 Å². The molecular weight excluding hydrogens is 340 g/mol. The van der Waals surface area contributed by atoms with Gasteiger partial charge in [-0.25, -0.2) is 18.6 Å². The van der Waals surface area contributed by atoms with Crippen molar-refractivity contribution in [2.75, 3.05) is 6.61 Å². The fourth-order valence-electron chi connectivity index (χ4n) is 1.39. The normalized spacial score (nSPS) is 10.5. The quantitative estimate of drug-likeness (QED) is 0.621. The molecule has 0 N–H and O–H groups in total. The third kappa shape index (κ3) is 2.82. The Morgan fingerprint density at radius 1 is 1.47 bits per heavy atom. The van der Waals surface area contributed by atoms with E-state index in [9.17, 15) is 13.6 Å². The molecule has 0 saturated heterocycles.